The first-order chi connectivity index (χ1) is 15.6. The number of unbranched alkanes of at least 4 members (excludes halogenated alkanes) is 2. The van der Waals surface area contributed by atoms with E-state index in [9.17, 15) is 4.79 Å². The third kappa shape index (κ3) is 6.00. The molecule has 5 atom stereocenters. The molecule has 2 aliphatic rings. The number of ether oxygens (including phenoxy) is 4. The van der Waals surface area contributed by atoms with E-state index in [0.717, 1.165) is 51.6 Å². The summed E-state index contributed by atoms with van der Waals surface area (Å²) in [6.07, 6.45) is 12.0. The zero-order valence-electron chi connectivity index (χ0n) is 20.0. The second-order valence-corrected chi connectivity index (χ2v) is 9.38. The molecule has 0 heterocycles. The number of rotatable bonds is 12. The van der Waals surface area contributed by atoms with E-state index >= 15 is 0 Å². The second kappa shape index (κ2) is 12.5. The Kier molecular flexibility index (Phi) is 9.76. The maximum Gasteiger partial charge on any atom is 0.312 e. The van der Waals surface area contributed by atoms with Crippen molar-refractivity contribution in [3.63, 3.8) is 0 Å². The van der Waals surface area contributed by atoms with E-state index in [1.54, 1.807) is 7.11 Å². The monoisotopic (exact) mass is 444 g/mol. The average molecular weight is 445 g/mol. The van der Waals surface area contributed by atoms with Gasteiger partial charge in [0, 0.05) is 19.6 Å². The smallest absolute Gasteiger partial charge is 0.312 e. The van der Waals surface area contributed by atoms with Crippen LogP contribution in [-0.4, -0.2) is 39.7 Å². The van der Waals surface area contributed by atoms with Crippen molar-refractivity contribution in [1.82, 2.24) is 0 Å². The average Bonchev–Trinajstić information content (AvgIpc) is 2.83. The predicted octanol–water partition coefficient (Wildman–Crippen LogP) is 5.53. The first-order valence-electron chi connectivity index (χ1n) is 12.1. The Hall–Kier alpha value is -1.69. The van der Waals surface area contributed by atoms with Crippen LogP contribution in [0, 0.1) is 23.2 Å². The van der Waals surface area contributed by atoms with Gasteiger partial charge in [0.1, 0.15) is 6.79 Å². The molecular formula is C27H40O5. The number of benzene rings is 1. The van der Waals surface area contributed by atoms with Crippen molar-refractivity contribution in [3.8, 4) is 0 Å². The van der Waals surface area contributed by atoms with Crippen molar-refractivity contribution in [2.45, 2.75) is 64.6 Å². The van der Waals surface area contributed by atoms with Crippen molar-refractivity contribution in [2.75, 3.05) is 27.6 Å². The Morgan fingerprint density at radius 3 is 2.62 bits per heavy atom. The molecule has 0 amide bonds. The van der Waals surface area contributed by atoms with Gasteiger partial charge in [-0.2, -0.15) is 0 Å². The van der Waals surface area contributed by atoms with Gasteiger partial charge in [-0.25, -0.2) is 0 Å². The fourth-order valence-corrected chi connectivity index (χ4v) is 5.66. The number of carbonyl (C=O) groups excluding carboxylic acids is 1. The highest BCUT2D eigenvalue weighted by atomic mass is 16.7. The van der Waals surface area contributed by atoms with Crippen molar-refractivity contribution >= 4 is 5.97 Å². The molecular weight excluding hydrogens is 404 g/mol. The minimum atomic E-state index is -0.507. The zero-order chi connectivity index (χ0) is 22.8. The fraction of sp³-hybridized carbons (Fsp3) is 0.667. The molecule has 0 radical (unpaired) electrons. The molecule has 0 N–H and O–H groups in total. The van der Waals surface area contributed by atoms with E-state index in [2.05, 4.69) is 31.2 Å². The molecule has 1 saturated carbocycles. The zero-order valence-corrected chi connectivity index (χ0v) is 20.0. The highest BCUT2D eigenvalue weighted by Gasteiger charge is 2.54. The van der Waals surface area contributed by atoms with Gasteiger partial charge in [-0.05, 0) is 50.0 Å². The van der Waals surface area contributed by atoms with Crippen molar-refractivity contribution in [1.29, 1.82) is 0 Å². The topological polar surface area (TPSA) is 54.0 Å². The molecule has 0 unspecified atom stereocenters. The van der Waals surface area contributed by atoms with Crippen molar-refractivity contribution in [2.24, 2.45) is 23.2 Å². The summed E-state index contributed by atoms with van der Waals surface area (Å²) in [5.41, 5.74) is 0.705. The number of methoxy groups -OCH3 is 2. The molecule has 178 valence electrons. The van der Waals surface area contributed by atoms with Crippen molar-refractivity contribution < 1.29 is 23.7 Å². The minimum Gasteiger partial charge on any atom is -0.469 e. The summed E-state index contributed by atoms with van der Waals surface area (Å²) in [7, 11) is 3.17. The molecule has 1 aromatic rings. The van der Waals surface area contributed by atoms with Crippen molar-refractivity contribution in [3.05, 3.63) is 48.0 Å². The van der Waals surface area contributed by atoms with Gasteiger partial charge < -0.3 is 18.9 Å². The molecule has 0 spiro atoms. The first-order valence-corrected chi connectivity index (χ1v) is 12.1. The maximum atomic E-state index is 13.0. The molecule has 0 saturated heterocycles. The van der Waals surface area contributed by atoms with E-state index in [-0.39, 0.29) is 29.8 Å². The molecule has 3 rings (SSSR count). The van der Waals surface area contributed by atoms with Crippen LogP contribution in [0.25, 0.3) is 0 Å². The Bertz CT molecular complexity index is 718. The van der Waals surface area contributed by atoms with Crippen LogP contribution in [0.2, 0.25) is 0 Å². The number of hydrogen-bond donors (Lipinski definition) is 0. The first kappa shape index (κ1) is 24.9. The number of allylic oxidation sites excluding steroid dienone is 1. The molecule has 1 fully saturated rings. The van der Waals surface area contributed by atoms with E-state index in [0.29, 0.717) is 13.4 Å². The highest BCUT2D eigenvalue weighted by Crippen LogP contribution is 2.53. The maximum absolute atomic E-state index is 13.0. The van der Waals surface area contributed by atoms with Gasteiger partial charge in [-0.3, -0.25) is 4.79 Å². The van der Waals surface area contributed by atoms with Crippen LogP contribution < -0.4 is 0 Å². The SMILES string of the molecule is COCO[C@H]1CCC[C@@H]2[C@@H]1C=C[C@@H](CCCCCOCc1ccccc1)[C@@]2(C)C(=O)OC. The lowest BCUT2D eigenvalue weighted by Gasteiger charge is -2.50. The van der Waals surface area contributed by atoms with Crippen LogP contribution in [0.1, 0.15) is 57.4 Å². The lowest BCUT2D eigenvalue weighted by Crippen LogP contribution is -2.52. The van der Waals surface area contributed by atoms with E-state index in [4.69, 9.17) is 18.9 Å². The van der Waals surface area contributed by atoms with Crippen LogP contribution in [0.4, 0.5) is 0 Å². The van der Waals surface area contributed by atoms with Crippen LogP contribution in [0.3, 0.4) is 0 Å². The lowest BCUT2D eigenvalue weighted by molar-refractivity contribution is -0.168. The van der Waals surface area contributed by atoms with Crippen LogP contribution in [0.15, 0.2) is 42.5 Å². The summed E-state index contributed by atoms with van der Waals surface area (Å²) in [6.45, 7) is 3.85. The number of fused-ring (bicyclic) bond motifs is 1. The third-order valence-electron chi connectivity index (χ3n) is 7.44. The summed E-state index contributed by atoms with van der Waals surface area (Å²) in [5, 5.41) is 0. The van der Waals surface area contributed by atoms with Gasteiger partial charge in [0.25, 0.3) is 0 Å². The molecule has 1 aromatic carbocycles. The van der Waals surface area contributed by atoms with Crippen LogP contribution in [0.5, 0.6) is 0 Å². The summed E-state index contributed by atoms with van der Waals surface area (Å²) in [4.78, 5) is 13.0. The standard InChI is InChI=1S/C27H40O5/c1-27(26(28)30-3)22(13-8-5-9-18-31-19-21-11-6-4-7-12-21)16-17-23-24(27)14-10-15-25(23)32-20-29-2/h4,6-7,11-12,16-17,22-25H,5,8-10,13-15,18-20H2,1-3H3/t22-,23+,24-,25+,27-/m1/s1. The van der Waals surface area contributed by atoms with E-state index < -0.39 is 5.41 Å². The predicted molar refractivity (Wildman–Crippen MR) is 125 cm³/mol. The Labute approximate surface area is 193 Å². The normalized spacial score (nSPS) is 29.5. The summed E-state index contributed by atoms with van der Waals surface area (Å²) < 4.78 is 22.3. The van der Waals surface area contributed by atoms with Gasteiger partial charge in [0.15, 0.2) is 0 Å². The number of hydrogen-bond acceptors (Lipinski definition) is 5. The van der Waals surface area contributed by atoms with Gasteiger partial charge in [0.2, 0.25) is 0 Å². The quantitative estimate of drug-likeness (QED) is 0.183. The van der Waals surface area contributed by atoms with Gasteiger partial charge >= 0.3 is 5.97 Å². The van der Waals surface area contributed by atoms with E-state index in [1.807, 2.05) is 18.2 Å². The van der Waals surface area contributed by atoms with Gasteiger partial charge in [0.05, 0.1) is 25.2 Å². The molecule has 5 nitrogen and oxygen atoms in total. The van der Waals surface area contributed by atoms with E-state index in [1.165, 1.54) is 12.7 Å². The Morgan fingerprint density at radius 1 is 1.06 bits per heavy atom. The molecule has 0 bridgehead atoms. The Balaban J connectivity index is 1.52. The largest absolute Gasteiger partial charge is 0.469 e. The molecule has 0 aliphatic heterocycles. The van der Waals surface area contributed by atoms with Crippen LogP contribution >= 0.6 is 0 Å². The third-order valence-corrected chi connectivity index (χ3v) is 7.44. The highest BCUT2D eigenvalue weighted by molar-refractivity contribution is 5.78. The van der Waals surface area contributed by atoms with Gasteiger partial charge in [-0.15, -0.1) is 0 Å². The summed E-state index contributed by atoms with van der Waals surface area (Å²) in [6, 6.07) is 10.3. The summed E-state index contributed by atoms with van der Waals surface area (Å²) >= 11 is 0. The Morgan fingerprint density at radius 2 is 1.88 bits per heavy atom. The molecule has 32 heavy (non-hydrogen) atoms. The molecule has 2 aliphatic carbocycles. The lowest BCUT2D eigenvalue weighted by atomic mass is 9.55. The fourth-order valence-electron chi connectivity index (χ4n) is 5.66. The summed E-state index contributed by atoms with van der Waals surface area (Å²) in [5.74, 6) is 0.600. The second-order valence-electron chi connectivity index (χ2n) is 9.38. The molecule has 0 aromatic heterocycles. The van der Waals surface area contributed by atoms with Gasteiger partial charge in [-0.1, -0.05) is 61.7 Å². The van der Waals surface area contributed by atoms with Crippen LogP contribution in [-0.2, 0) is 30.3 Å². The minimum absolute atomic E-state index is 0.0829. The molecule has 5 heteroatoms. The number of esters is 1. The number of carbonyl (C=O) groups is 1.